The van der Waals surface area contributed by atoms with Crippen molar-refractivity contribution in [2.24, 2.45) is 23.7 Å². The van der Waals surface area contributed by atoms with E-state index in [1.54, 1.807) is 0 Å². The van der Waals surface area contributed by atoms with Crippen LogP contribution in [0.1, 0.15) is 34.1 Å². The van der Waals surface area contributed by atoms with E-state index in [0.717, 1.165) is 0 Å². The van der Waals surface area contributed by atoms with E-state index in [-0.39, 0.29) is 17.8 Å². The summed E-state index contributed by atoms with van der Waals surface area (Å²) in [7, 11) is 0. The predicted octanol–water partition coefficient (Wildman–Crippen LogP) is 2.93. The van der Waals surface area contributed by atoms with E-state index in [4.69, 9.17) is 0 Å². The van der Waals surface area contributed by atoms with Gasteiger partial charge in [-0.3, -0.25) is 0 Å². The summed E-state index contributed by atoms with van der Waals surface area (Å²) in [4.78, 5) is 0. The van der Waals surface area contributed by atoms with Crippen LogP contribution >= 0.6 is 0 Å². The van der Waals surface area contributed by atoms with Gasteiger partial charge in [-0.2, -0.15) is 0 Å². The van der Waals surface area contributed by atoms with Gasteiger partial charge in [0.15, 0.2) is 6.17 Å². The molecule has 1 fully saturated rings. The van der Waals surface area contributed by atoms with Crippen molar-refractivity contribution in [1.82, 2.24) is 0 Å². The summed E-state index contributed by atoms with van der Waals surface area (Å²) in [6.07, 6.45) is -1.28. The van der Waals surface area contributed by atoms with E-state index in [0.29, 0.717) is 6.42 Å². The number of hydrogen-bond acceptors (Lipinski definition) is 1. The predicted molar refractivity (Wildman–Crippen MR) is 52.2 cm³/mol. The Morgan fingerprint density at radius 3 is 1.93 bits per heavy atom. The van der Waals surface area contributed by atoms with Gasteiger partial charge in [-0.25, -0.2) is 8.78 Å². The quantitative estimate of drug-likeness (QED) is 0.736. The maximum absolute atomic E-state index is 13.7. The standard InChI is InChI=1S/C11H20F2O/c1-6(2)8-5-9(7(3)4)11(13,14)10(8)12/h6-10,14H,5H2,1-4H3. The third kappa shape index (κ3) is 1.79. The van der Waals surface area contributed by atoms with Crippen molar-refractivity contribution in [1.29, 1.82) is 0 Å². The van der Waals surface area contributed by atoms with Crippen LogP contribution in [0.5, 0.6) is 0 Å². The Kier molecular flexibility index (Phi) is 3.20. The zero-order chi connectivity index (χ0) is 11.1. The molecule has 0 aromatic rings. The van der Waals surface area contributed by atoms with Crippen LogP contribution < -0.4 is 0 Å². The largest absolute Gasteiger partial charge is 0.359 e. The molecular weight excluding hydrogens is 186 g/mol. The minimum absolute atomic E-state index is 0.0213. The molecule has 0 radical (unpaired) electrons. The molecule has 0 aromatic heterocycles. The van der Waals surface area contributed by atoms with E-state index in [1.165, 1.54) is 0 Å². The van der Waals surface area contributed by atoms with E-state index in [1.807, 2.05) is 27.7 Å². The van der Waals surface area contributed by atoms with Crippen LogP contribution in [0, 0.1) is 23.7 Å². The Morgan fingerprint density at radius 2 is 1.71 bits per heavy atom. The lowest BCUT2D eigenvalue weighted by molar-refractivity contribution is -0.171. The summed E-state index contributed by atoms with van der Waals surface area (Å²) >= 11 is 0. The molecule has 3 heteroatoms. The molecule has 4 unspecified atom stereocenters. The fourth-order valence-electron chi connectivity index (χ4n) is 2.43. The van der Waals surface area contributed by atoms with Gasteiger partial charge >= 0.3 is 0 Å². The number of aliphatic hydroxyl groups is 1. The molecule has 1 saturated carbocycles. The Labute approximate surface area is 84.5 Å². The van der Waals surface area contributed by atoms with Crippen LogP contribution in [-0.2, 0) is 0 Å². The van der Waals surface area contributed by atoms with Gasteiger partial charge in [0, 0.05) is 5.92 Å². The molecule has 0 aliphatic heterocycles. The molecule has 1 aliphatic carbocycles. The van der Waals surface area contributed by atoms with Gasteiger partial charge in [-0.15, -0.1) is 0 Å². The topological polar surface area (TPSA) is 20.2 Å². The SMILES string of the molecule is CC(C)C1CC(C(C)C)C(O)(F)C1F. The summed E-state index contributed by atoms with van der Waals surface area (Å²) in [5, 5.41) is 9.47. The van der Waals surface area contributed by atoms with Crippen LogP contribution in [0.2, 0.25) is 0 Å². The number of alkyl halides is 2. The molecule has 14 heavy (non-hydrogen) atoms. The Morgan fingerprint density at radius 1 is 1.21 bits per heavy atom. The number of rotatable bonds is 2. The molecule has 0 spiro atoms. The summed E-state index contributed by atoms with van der Waals surface area (Å²) < 4.78 is 27.3. The molecule has 1 aliphatic rings. The van der Waals surface area contributed by atoms with Crippen LogP contribution in [0.25, 0.3) is 0 Å². The first-order chi connectivity index (χ1) is 6.28. The fourth-order valence-corrected chi connectivity index (χ4v) is 2.43. The van der Waals surface area contributed by atoms with E-state index in [2.05, 4.69) is 0 Å². The van der Waals surface area contributed by atoms with E-state index < -0.39 is 17.9 Å². The molecule has 0 saturated heterocycles. The van der Waals surface area contributed by atoms with Crippen molar-refractivity contribution in [3.8, 4) is 0 Å². The smallest absolute Gasteiger partial charge is 0.241 e. The summed E-state index contributed by atoms with van der Waals surface area (Å²) in [6, 6.07) is 0. The average Bonchev–Trinajstić information content (AvgIpc) is 2.24. The highest BCUT2D eigenvalue weighted by Gasteiger charge is 2.57. The molecular formula is C11H20F2O. The molecule has 1 nitrogen and oxygen atoms in total. The Hall–Kier alpha value is -0.180. The van der Waals surface area contributed by atoms with Gasteiger partial charge in [0.25, 0.3) is 0 Å². The number of halogens is 2. The Balaban J connectivity index is 2.85. The lowest BCUT2D eigenvalue weighted by Crippen LogP contribution is -2.39. The summed E-state index contributed by atoms with van der Waals surface area (Å²) in [6.45, 7) is 7.39. The van der Waals surface area contributed by atoms with Crippen molar-refractivity contribution in [2.45, 2.75) is 46.1 Å². The maximum Gasteiger partial charge on any atom is 0.241 e. The van der Waals surface area contributed by atoms with Crippen LogP contribution in [0.15, 0.2) is 0 Å². The lowest BCUT2D eigenvalue weighted by Gasteiger charge is -2.26. The highest BCUT2D eigenvalue weighted by Crippen LogP contribution is 2.48. The first-order valence-corrected chi connectivity index (χ1v) is 5.33. The first-order valence-electron chi connectivity index (χ1n) is 5.33. The molecule has 84 valence electrons. The van der Waals surface area contributed by atoms with Crippen molar-refractivity contribution in [2.75, 3.05) is 0 Å². The van der Waals surface area contributed by atoms with Gasteiger partial charge in [0.2, 0.25) is 5.85 Å². The van der Waals surface area contributed by atoms with Crippen molar-refractivity contribution >= 4 is 0 Å². The minimum atomic E-state index is -2.62. The molecule has 4 atom stereocenters. The second-order valence-electron chi connectivity index (χ2n) is 5.12. The van der Waals surface area contributed by atoms with E-state index in [9.17, 15) is 13.9 Å². The third-order valence-corrected chi connectivity index (χ3v) is 3.47. The van der Waals surface area contributed by atoms with Gasteiger partial charge in [-0.1, -0.05) is 27.7 Å². The third-order valence-electron chi connectivity index (χ3n) is 3.47. The Bertz CT molecular complexity index is 201. The minimum Gasteiger partial charge on any atom is -0.359 e. The second kappa shape index (κ2) is 3.76. The van der Waals surface area contributed by atoms with Crippen molar-refractivity contribution in [3.05, 3.63) is 0 Å². The van der Waals surface area contributed by atoms with Gasteiger partial charge in [0.05, 0.1) is 0 Å². The molecule has 0 aromatic carbocycles. The molecule has 1 rings (SSSR count). The fraction of sp³-hybridized carbons (Fsp3) is 1.00. The van der Waals surface area contributed by atoms with Crippen LogP contribution in [-0.4, -0.2) is 17.1 Å². The van der Waals surface area contributed by atoms with Crippen LogP contribution in [0.4, 0.5) is 8.78 Å². The molecule has 1 N–H and O–H groups in total. The molecule has 0 heterocycles. The number of hydrogen-bond donors (Lipinski definition) is 1. The molecule has 0 bridgehead atoms. The zero-order valence-corrected chi connectivity index (χ0v) is 9.30. The van der Waals surface area contributed by atoms with Crippen molar-refractivity contribution in [3.63, 3.8) is 0 Å². The zero-order valence-electron chi connectivity index (χ0n) is 9.30. The van der Waals surface area contributed by atoms with Gasteiger partial charge < -0.3 is 5.11 Å². The first kappa shape index (κ1) is 11.9. The summed E-state index contributed by atoms with van der Waals surface area (Å²) in [5.74, 6) is -3.48. The highest BCUT2D eigenvalue weighted by molar-refractivity contribution is 4.98. The summed E-state index contributed by atoms with van der Waals surface area (Å²) in [5.41, 5.74) is 0. The molecule has 0 amide bonds. The monoisotopic (exact) mass is 206 g/mol. The normalized spacial score (nSPS) is 43.9. The highest BCUT2D eigenvalue weighted by atomic mass is 19.2. The lowest BCUT2D eigenvalue weighted by atomic mass is 9.88. The average molecular weight is 206 g/mol. The van der Waals surface area contributed by atoms with Gasteiger partial charge in [0.1, 0.15) is 0 Å². The maximum atomic E-state index is 13.7. The second-order valence-corrected chi connectivity index (χ2v) is 5.12. The van der Waals surface area contributed by atoms with Crippen LogP contribution in [0.3, 0.4) is 0 Å². The van der Waals surface area contributed by atoms with Gasteiger partial charge in [-0.05, 0) is 24.2 Å². The van der Waals surface area contributed by atoms with E-state index >= 15 is 0 Å². The van der Waals surface area contributed by atoms with Crippen molar-refractivity contribution < 1.29 is 13.9 Å².